The van der Waals surface area contributed by atoms with E-state index in [9.17, 15) is 0 Å². The second-order valence-corrected chi connectivity index (χ2v) is 6.75. The zero-order valence-electron chi connectivity index (χ0n) is 16.1. The van der Waals surface area contributed by atoms with E-state index in [1.54, 1.807) is 7.11 Å². The zero-order valence-corrected chi connectivity index (χ0v) is 16.1. The summed E-state index contributed by atoms with van der Waals surface area (Å²) >= 11 is 0. The smallest absolute Gasteiger partial charge is 0.227 e. The number of nitrogens with zero attached hydrogens (tertiary/aromatic N) is 4. The van der Waals surface area contributed by atoms with E-state index >= 15 is 0 Å². The standard InChI is InChI=1S/C22H25N5O/c1-28-20-9-7-19(8-10-20)26-13-15-27(16-14-26)22-23-12-11-21(25-22)24-17-18-5-3-2-4-6-18/h2-12H,13-17H2,1H3,(H,23,24,25). The van der Waals surface area contributed by atoms with Crippen molar-refractivity contribution in [3.05, 3.63) is 72.4 Å². The van der Waals surface area contributed by atoms with Gasteiger partial charge in [-0.05, 0) is 35.9 Å². The highest BCUT2D eigenvalue weighted by Gasteiger charge is 2.19. The summed E-state index contributed by atoms with van der Waals surface area (Å²) < 4.78 is 5.24. The van der Waals surface area contributed by atoms with Gasteiger partial charge in [-0.2, -0.15) is 4.98 Å². The lowest BCUT2D eigenvalue weighted by molar-refractivity contribution is 0.415. The third-order valence-electron chi connectivity index (χ3n) is 4.96. The van der Waals surface area contributed by atoms with Crippen molar-refractivity contribution in [2.24, 2.45) is 0 Å². The molecule has 1 fully saturated rings. The predicted octanol–water partition coefficient (Wildman–Crippen LogP) is 3.42. The highest BCUT2D eigenvalue weighted by atomic mass is 16.5. The molecule has 1 aliphatic rings. The first-order valence-electron chi connectivity index (χ1n) is 9.56. The molecular weight excluding hydrogens is 350 g/mol. The molecule has 0 spiro atoms. The first-order valence-corrected chi connectivity index (χ1v) is 9.56. The molecule has 0 amide bonds. The van der Waals surface area contributed by atoms with Crippen LogP contribution in [0.5, 0.6) is 5.75 Å². The van der Waals surface area contributed by atoms with Gasteiger partial charge in [0.15, 0.2) is 0 Å². The van der Waals surface area contributed by atoms with Crippen LogP contribution in [-0.4, -0.2) is 43.3 Å². The van der Waals surface area contributed by atoms with Crippen LogP contribution in [0, 0.1) is 0 Å². The molecule has 28 heavy (non-hydrogen) atoms. The van der Waals surface area contributed by atoms with E-state index in [0.717, 1.165) is 50.2 Å². The number of nitrogens with one attached hydrogen (secondary N) is 1. The van der Waals surface area contributed by atoms with E-state index in [2.05, 4.69) is 44.4 Å². The summed E-state index contributed by atoms with van der Waals surface area (Å²) in [6.45, 7) is 4.43. The maximum atomic E-state index is 5.24. The monoisotopic (exact) mass is 375 g/mol. The maximum absolute atomic E-state index is 5.24. The minimum absolute atomic E-state index is 0.753. The van der Waals surface area contributed by atoms with Gasteiger partial charge in [-0.15, -0.1) is 0 Å². The van der Waals surface area contributed by atoms with Crippen molar-refractivity contribution in [3.8, 4) is 5.75 Å². The third kappa shape index (κ3) is 4.34. The molecular formula is C22H25N5O. The fourth-order valence-electron chi connectivity index (χ4n) is 3.35. The van der Waals surface area contributed by atoms with Gasteiger partial charge in [0.25, 0.3) is 0 Å². The normalized spacial score (nSPS) is 14.0. The highest BCUT2D eigenvalue weighted by molar-refractivity contribution is 5.51. The van der Waals surface area contributed by atoms with Gasteiger partial charge in [-0.3, -0.25) is 0 Å². The Morgan fingerprint density at radius 1 is 0.893 bits per heavy atom. The minimum atomic E-state index is 0.753. The lowest BCUT2D eigenvalue weighted by Gasteiger charge is -2.36. The average Bonchev–Trinajstić information content (AvgIpc) is 2.79. The third-order valence-corrected chi connectivity index (χ3v) is 4.96. The lowest BCUT2D eigenvalue weighted by Crippen LogP contribution is -2.47. The molecule has 2 heterocycles. The number of methoxy groups -OCH3 is 1. The van der Waals surface area contributed by atoms with E-state index in [4.69, 9.17) is 9.72 Å². The topological polar surface area (TPSA) is 53.5 Å². The SMILES string of the molecule is COc1ccc(N2CCN(c3nccc(NCc4ccccc4)n3)CC2)cc1. The van der Waals surface area contributed by atoms with Crippen LogP contribution in [0.4, 0.5) is 17.5 Å². The van der Waals surface area contributed by atoms with Gasteiger partial charge in [0.05, 0.1) is 7.11 Å². The van der Waals surface area contributed by atoms with Crippen molar-refractivity contribution >= 4 is 17.5 Å². The molecule has 1 aliphatic heterocycles. The zero-order chi connectivity index (χ0) is 19.2. The number of benzene rings is 2. The van der Waals surface area contributed by atoms with E-state index in [1.165, 1.54) is 11.3 Å². The molecule has 1 saturated heterocycles. The lowest BCUT2D eigenvalue weighted by atomic mass is 10.2. The van der Waals surface area contributed by atoms with Crippen LogP contribution < -0.4 is 19.9 Å². The first-order chi connectivity index (χ1) is 13.8. The number of rotatable bonds is 6. The number of piperazine rings is 1. The Hall–Kier alpha value is -3.28. The van der Waals surface area contributed by atoms with Crippen molar-refractivity contribution in [1.29, 1.82) is 0 Å². The van der Waals surface area contributed by atoms with Crippen LogP contribution in [0.1, 0.15) is 5.56 Å². The molecule has 6 heteroatoms. The number of hydrogen-bond donors (Lipinski definition) is 1. The molecule has 1 N–H and O–H groups in total. The molecule has 144 valence electrons. The van der Waals surface area contributed by atoms with E-state index in [-0.39, 0.29) is 0 Å². The van der Waals surface area contributed by atoms with Crippen LogP contribution in [-0.2, 0) is 6.54 Å². The summed E-state index contributed by atoms with van der Waals surface area (Å²) in [5.74, 6) is 2.52. The largest absolute Gasteiger partial charge is 0.497 e. The average molecular weight is 375 g/mol. The summed E-state index contributed by atoms with van der Waals surface area (Å²) in [6, 6.07) is 20.5. The predicted molar refractivity (Wildman–Crippen MR) is 113 cm³/mol. The van der Waals surface area contributed by atoms with Crippen LogP contribution in [0.3, 0.4) is 0 Å². The molecule has 2 aromatic carbocycles. The van der Waals surface area contributed by atoms with Crippen molar-refractivity contribution in [1.82, 2.24) is 9.97 Å². The van der Waals surface area contributed by atoms with Gasteiger partial charge in [0.1, 0.15) is 11.6 Å². The van der Waals surface area contributed by atoms with Gasteiger partial charge in [-0.1, -0.05) is 30.3 Å². The van der Waals surface area contributed by atoms with Crippen LogP contribution in [0.15, 0.2) is 66.9 Å². The second-order valence-electron chi connectivity index (χ2n) is 6.75. The second kappa shape index (κ2) is 8.61. The summed E-state index contributed by atoms with van der Waals surface area (Å²) in [7, 11) is 1.69. The molecule has 6 nitrogen and oxygen atoms in total. The van der Waals surface area contributed by atoms with Gasteiger partial charge in [0, 0.05) is 44.6 Å². The molecule has 0 saturated carbocycles. The van der Waals surface area contributed by atoms with Crippen molar-refractivity contribution < 1.29 is 4.74 Å². The van der Waals surface area contributed by atoms with Crippen molar-refractivity contribution in [2.75, 3.05) is 48.4 Å². The van der Waals surface area contributed by atoms with E-state index in [0.29, 0.717) is 0 Å². The molecule has 0 atom stereocenters. The summed E-state index contributed by atoms with van der Waals surface area (Å²) in [6.07, 6.45) is 1.82. The van der Waals surface area contributed by atoms with Gasteiger partial charge in [0.2, 0.25) is 5.95 Å². The number of ether oxygens (including phenoxy) is 1. The molecule has 0 radical (unpaired) electrons. The van der Waals surface area contributed by atoms with Crippen molar-refractivity contribution in [3.63, 3.8) is 0 Å². The maximum Gasteiger partial charge on any atom is 0.227 e. The Bertz CT molecular complexity index is 877. The Kier molecular flexibility index (Phi) is 5.56. The van der Waals surface area contributed by atoms with E-state index in [1.807, 2.05) is 42.6 Å². The van der Waals surface area contributed by atoms with Crippen LogP contribution in [0.2, 0.25) is 0 Å². The van der Waals surface area contributed by atoms with Crippen LogP contribution >= 0.6 is 0 Å². The molecule has 0 aliphatic carbocycles. The number of aromatic nitrogens is 2. The summed E-state index contributed by atoms with van der Waals surface area (Å²) in [5.41, 5.74) is 2.45. The Morgan fingerprint density at radius 3 is 2.32 bits per heavy atom. The van der Waals surface area contributed by atoms with Gasteiger partial charge in [-0.25, -0.2) is 4.98 Å². The molecule has 3 aromatic rings. The fraction of sp³-hybridized carbons (Fsp3) is 0.273. The quantitative estimate of drug-likeness (QED) is 0.712. The van der Waals surface area contributed by atoms with Gasteiger partial charge < -0.3 is 19.9 Å². The Labute approximate surface area is 165 Å². The number of hydrogen-bond acceptors (Lipinski definition) is 6. The first kappa shape index (κ1) is 18.1. The van der Waals surface area contributed by atoms with Crippen molar-refractivity contribution in [2.45, 2.75) is 6.54 Å². The highest BCUT2D eigenvalue weighted by Crippen LogP contribution is 2.22. The molecule has 0 bridgehead atoms. The van der Waals surface area contributed by atoms with E-state index < -0.39 is 0 Å². The Morgan fingerprint density at radius 2 is 1.61 bits per heavy atom. The molecule has 1 aromatic heterocycles. The fourth-order valence-corrected chi connectivity index (χ4v) is 3.35. The van der Waals surface area contributed by atoms with Crippen LogP contribution in [0.25, 0.3) is 0 Å². The minimum Gasteiger partial charge on any atom is -0.497 e. The van der Waals surface area contributed by atoms with Gasteiger partial charge >= 0.3 is 0 Å². The Balaban J connectivity index is 1.35. The summed E-state index contributed by atoms with van der Waals surface area (Å²) in [5, 5.41) is 3.39. The summed E-state index contributed by atoms with van der Waals surface area (Å²) in [4.78, 5) is 13.8. The number of anilines is 3. The molecule has 4 rings (SSSR count). The molecule has 0 unspecified atom stereocenters.